The molecule has 114 valence electrons. The largest absolute Gasteiger partial charge is 0.353 e. The first kappa shape index (κ1) is 16.8. The summed E-state index contributed by atoms with van der Waals surface area (Å²) in [5.74, 6) is -3.26. The Labute approximate surface area is 114 Å². The molecule has 0 aromatic carbocycles. The molecular weight excluding hydrogens is 252 g/mol. The van der Waals surface area contributed by atoms with E-state index in [4.69, 9.17) is 23.7 Å². The predicted molar refractivity (Wildman–Crippen MR) is 68.3 cm³/mol. The maximum Gasteiger partial charge on any atom is 0.340 e. The van der Waals surface area contributed by atoms with Crippen molar-refractivity contribution in [3.05, 3.63) is 0 Å². The molecule has 1 saturated heterocycles. The van der Waals surface area contributed by atoms with Crippen LogP contribution in [0.3, 0.4) is 0 Å². The minimum Gasteiger partial charge on any atom is -0.353 e. The van der Waals surface area contributed by atoms with E-state index in [2.05, 4.69) is 0 Å². The van der Waals surface area contributed by atoms with Gasteiger partial charge in [0.05, 0.1) is 0 Å². The molecule has 0 bridgehead atoms. The van der Waals surface area contributed by atoms with Gasteiger partial charge in [0.25, 0.3) is 5.79 Å². The summed E-state index contributed by atoms with van der Waals surface area (Å²) in [4.78, 5) is 0. The zero-order valence-corrected chi connectivity index (χ0v) is 12.3. The standard InChI is InChI=1S/C13H26O6/c1-5-15-11-9-10-12(16-6-2,17-7-3)13(14,19-11)18-8-4/h11,14H,5-10H2,1-4H3. The van der Waals surface area contributed by atoms with Crippen LogP contribution in [0.2, 0.25) is 0 Å². The highest BCUT2D eigenvalue weighted by Crippen LogP contribution is 2.41. The van der Waals surface area contributed by atoms with E-state index in [0.29, 0.717) is 32.7 Å². The first-order valence-corrected chi connectivity index (χ1v) is 7.01. The topological polar surface area (TPSA) is 66.4 Å². The van der Waals surface area contributed by atoms with Crippen molar-refractivity contribution in [1.29, 1.82) is 0 Å². The smallest absolute Gasteiger partial charge is 0.340 e. The number of aliphatic hydroxyl groups is 1. The fourth-order valence-corrected chi connectivity index (χ4v) is 2.27. The van der Waals surface area contributed by atoms with Crippen LogP contribution in [0.1, 0.15) is 40.5 Å². The van der Waals surface area contributed by atoms with Gasteiger partial charge in [-0.05, 0) is 27.7 Å². The predicted octanol–water partition coefficient (Wildman–Crippen LogP) is 1.61. The van der Waals surface area contributed by atoms with Gasteiger partial charge in [0.2, 0.25) is 0 Å². The molecule has 1 aliphatic heterocycles. The zero-order chi connectivity index (χ0) is 14.4. The first-order chi connectivity index (χ1) is 9.07. The number of hydrogen-bond acceptors (Lipinski definition) is 6. The maximum absolute atomic E-state index is 10.7. The van der Waals surface area contributed by atoms with E-state index in [-0.39, 0.29) is 6.61 Å². The molecular formula is C13H26O6. The minimum atomic E-state index is -1.95. The summed E-state index contributed by atoms with van der Waals surface area (Å²) in [5, 5.41) is 10.7. The Hall–Kier alpha value is -0.240. The third-order valence-electron chi connectivity index (χ3n) is 2.93. The molecule has 1 heterocycles. The molecule has 1 aliphatic rings. The Morgan fingerprint density at radius 2 is 1.58 bits per heavy atom. The van der Waals surface area contributed by atoms with Crippen molar-refractivity contribution in [2.24, 2.45) is 0 Å². The van der Waals surface area contributed by atoms with E-state index in [1.165, 1.54) is 0 Å². The molecule has 0 amide bonds. The van der Waals surface area contributed by atoms with Crippen molar-refractivity contribution in [2.75, 3.05) is 26.4 Å². The first-order valence-electron chi connectivity index (χ1n) is 7.01. The van der Waals surface area contributed by atoms with Crippen LogP contribution in [0, 0.1) is 0 Å². The molecule has 0 spiro atoms. The van der Waals surface area contributed by atoms with E-state index in [9.17, 15) is 5.11 Å². The molecule has 6 nitrogen and oxygen atoms in total. The van der Waals surface area contributed by atoms with Crippen LogP contribution >= 0.6 is 0 Å². The summed E-state index contributed by atoms with van der Waals surface area (Å²) in [7, 11) is 0. The molecule has 0 aliphatic carbocycles. The number of ether oxygens (including phenoxy) is 5. The van der Waals surface area contributed by atoms with Crippen LogP contribution < -0.4 is 0 Å². The summed E-state index contributed by atoms with van der Waals surface area (Å²) < 4.78 is 27.6. The minimum absolute atomic E-state index is 0.275. The maximum atomic E-state index is 10.7. The molecule has 0 radical (unpaired) electrons. The fraction of sp³-hybridized carbons (Fsp3) is 1.00. The third kappa shape index (κ3) is 3.65. The van der Waals surface area contributed by atoms with Gasteiger partial charge in [-0.1, -0.05) is 0 Å². The Morgan fingerprint density at radius 3 is 2.05 bits per heavy atom. The van der Waals surface area contributed by atoms with E-state index in [1.807, 2.05) is 20.8 Å². The fourth-order valence-electron chi connectivity index (χ4n) is 2.27. The molecule has 0 aromatic heterocycles. The van der Waals surface area contributed by atoms with E-state index >= 15 is 0 Å². The number of rotatable bonds is 8. The van der Waals surface area contributed by atoms with Crippen LogP contribution in [0.5, 0.6) is 0 Å². The lowest BCUT2D eigenvalue weighted by molar-refractivity contribution is -0.524. The molecule has 1 N–H and O–H groups in total. The van der Waals surface area contributed by atoms with Crippen molar-refractivity contribution in [2.45, 2.75) is 58.6 Å². The molecule has 2 unspecified atom stereocenters. The quantitative estimate of drug-likeness (QED) is 0.680. The highest BCUT2D eigenvalue weighted by atomic mass is 16.9. The van der Waals surface area contributed by atoms with Crippen LogP contribution in [0.25, 0.3) is 0 Å². The highest BCUT2D eigenvalue weighted by Gasteiger charge is 2.60. The molecule has 1 fully saturated rings. The second-order valence-corrected chi connectivity index (χ2v) is 4.18. The Bertz CT molecular complexity index is 254. The van der Waals surface area contributed by atoms with Crippen molar-refractivity contribution in [3.63, 3.8) is 0 Å². The van der Waals surface area contributed by atoms with E-state index < -0.39 is 18.1 Å². The zero-order valence-electron chi connectivity index (χ0n) is 12.3. The second-order valence-electron chi connectivity index (χ2n) is 4.18. The van der Waals surface area contributed by atoms with E-state index in [1.54, 1.807) is 6.92 Å². The summed E-state index contributed by atoms with van der Waals surface area (Å²) in [5.41, 5.74) is 0. The van der Waals surface area contributed by atoms with Gasteiger partial charge in [-0.15, -0.1) is 0 Å². The highest BCUT2D eigenvalue weighted by molar-refractivity contribution is 4.86. The van der Waals surface area contributed by atoms with Crippen LogP contribution in [-0.2, 0) is 23.7 Å². The summed E-state index contributed by atoms with van der Waals surface area (Å²) in [6.45, 7) is 8.87. The average Bonchev–Trinajstić information content (AvgIpc) is 2.35. The average molecular weight is 278 g/mol. The van der Waals surface area contributed by atoms with Gasteiger partial charge >= 0.3 is 5.97 Å². The van der Waals surface area contributed by atoms with Crippen molar-refractivity contribution >= 4 is 0 Å². The van der Waals surface area contributed by atoms with Gasteiger partial charge in [0, 0.05) is 39.3 Å². The lowest BCUT2D eigenvalue weighted by Crippen LogP contribution is -2.65. The Balaban J connectivity index is 2.93. The van der Waals surface area contributed by atoms with Crippen LogP contribution in [0.15, 0.2) is 0 Å². The van der Waals surface area contributed by atoms with Gasteiger partial charge in [-0.25, -0.2) is 0 Å². The summed E-state index contributed by atoms with van der Waals surface area (Å²) in [6.07, 6.45) is 0.495. The Kier molecular flexibility index (Phi) is 6.65. The molecule has 1 rings (SSSR count). The number of hydrogen-bond donors (Lipinski definition) is 1. The molecule has 6 heteroatoms. The Morgan fingerprint density at radius 1 is 1.00 bits per heavy atom. The van der Waals surface area contributed by atoms with Crippen LogP contribution in [-0.4, -0.2) is 49.6 Å². The molecule has 0 aromatic rings. The van der Waals surface area contributed by atoms with Crippen molar-refractivity contribution < 1.29 is 28.8 Å². The van der Waals surface area contributed by atoms with Gasteiger partial charge in [-0.2, -0.15) is 0 Å². The van der Waals surface area contributed by atoms with Gasteiger partial charge in [0.15, 0.2) is 6.29 Å². The lowest BCUT2D eigenvalue weighted by atomic mass is 10.0. The van der Waals surface area contributed by atoms with Gasteiger partial charge in [-0.3, -0.25) is 4.74 Å². The molecule has 0 saturated carbocycles. The van der Waals surface area contributed by atoms with Gasteiger partial charge in [0.1, 0.15) is 0 Å². The second kappa shape index (κ2) is 7.52. The molecule has 2 atom stereocenters. The van der Waals surface area contributed by atoms with Gasteiger partial charge < -0.3 is 24.1 Å². The summed E-state index contributed by atoms with van der Waals surface area (Å²) >= 11 is 0. The molecule has 19 heavy (non-hydrogen) atoms. The normalized spacial score (nSPS) is 30.5. The lowest BCUT2D eigenvalue weighted by Gasteiger charge is -2.48. The van der Waals surface area contributed by atoms with Crippen molar-refractivity contribution in [1.82, 2.24) is 0 Å². The summed E-state index contributed by atoms with van der Waals surface area (Å²) in [6, 6.07) is 0. The monoisotopic (exact) mass is 278 g/mol. The van der Waals surface area contributed by atoms with E-state index in [0.717, 1.165) is 0 Å². The SMILES string of the molecule is CCOC1CCC(OCC)(OCC)C(O)(OCC)O1. The third-order valence-corrected chi connectivity index (χ3v) is 2.93. The van der Waals surface area contributed by atoms with Crippen molar-refractivity contribution in [3.8, 4) is 0 Å². The van der Waals surface area contributed by atoms with Crippen LogP contribution in [0.4, 0.5) is 0 Å².